The fraction of sp³-hybridized carbons (Fsp3) is 0.118. The zero-order chi connectivity index (χ0) is 14.8. The Morgan fingerprint density at radius 2 is 1.71 bits per heavy atom. The number of aromatic nitrogens is 1. The second-order valence-electron chi connectivity index (χ2n) is 4.99. The van der Waals surface area contributed by atoms with Crippen molar-refractivity contribution < 1.29 is 9.52 Å². The van der Waals surface area contributed by atoms with E-state index in [4.69, 9.17) is 4.42 Å². The van der Waals surface area contributed by atoms with Crippen molar-refractivity contribution >= 4 is 5.69 Å². The molecule has 1 aromatic heterocycles. The summed E-state index contributed by atoms with van der Waals surface area (Å²) < 4.78 is 5.75. The highest BCUT2D eigenvalue weighted by Gasteiger charge is 2.11. The summed E-state index contributed by atoms with van der Waals surface area (Å²) in [4.78, 5) is 6.28. The fourth-order valence-electron chi connectivity index (χ4n) is 2.11. The molecule has 0 spiro atoms. The third-order valence-corrected chi connectivity index (χ3v) is 3.31. The predicted molar refractivity (Wildman–Crippen MR) is 83.4 cm³/mol. The van der Waals surface area contributed by atoms with E-state index in [-0.39, 0.29) is 5.75 Å². The molecule has 0 fully saturated rings. The summed E-state index contributed by atoms with van der Waals surface area (Å²) in [7, 11) is 4.00. The van der Waals surface area contributed by atoms with Crippen LogP contribution in [0.3, 0.4) is 0 Å². The third-order valence-electron chi connectivity index (χ3n) is 3.31. The molecule has 106 valence electrons. The van der Waals surface area contributed by atoms with Crippen LogP contribution < -0.4 is 4.90 Å². The third kappa shape index (κ3) is 2.60. The van der Waals surface area contributed by atoms with E-state index in [0.29, 0.717) is 17.2 Å². The maximum Gasteiger partial charge on any atom is 0.230 e. The number of anilines is 1. The van der Waals surface area contributed by atoms with Gasteiger partial charge >= 0.3 is 0 Å². The molecule has 0 atom stereocenters. The van der Waals surface area contributed by atoms with E-state index in [1.807, 2.05) is 49.3 Å². The van der Waals surface area contributed by atoms with Crippen molar-refractivity contribution in [2.45, 2.75) is 0 Å². The second-order valence-corrected chi connectivity index (χ2v) is 4.99. The van der Waals surface area contributed by atoms with Gasteiger partial charge in [0.15, 0.2) is 5.76 Å². The highest BCUT2D eigenvalue weighted by molar-refractivity contribution is 5.66. The molecule has 0 radical (unpaired) electrons. The molecule has 0 bridgehead atoms. The molecule has 2 aromatic carbocycles. The van der Waals surface area contributed by atoms with Crippen LogP contribution >= 0.6 is 0 Å². The number of hydrogen-bond donors (Lipinski definition) is 1. The van der Waals surface area contributed by atoms with E-state index in [9.17, 15) is 5.11 Å². The smallest absolute Gasteiger partial charge is 0.230 e. The first-order valence-corrected chi connectivity index (χ1v) is 6.67. The lowest BCUT2D eigenvalue weighted by Gasteiger charge is -2.11. The minimum atomic E-state index is 0.161. The summed E-state index contributed by atoms with van der Waals surface area (Å²) in [6.07, 6.45) is 1.67. The van der Waals surface area contributed by atoms with Crippen LogP contribution in [0.4, 0.5) is 5.69 Å². The zero-order valence-electron chi connectivity index (χ0n) is 11.9. The van der Waals surface area contributed by atoms with Crippen molar-refractivity contribution in [1.82, 2.24) is 4.98 Å². The molecule has 3 aromatic rings. The number of para-hydroxylation sites is 1. The van der Waals surface area contributed by atoms with Crippen molar-refractivity contribution in [3.8, 4) is 28.5 Å². The van der Waals surface area contributed by atoms with Crippen molar-refractivity contribution in [1.29, 1.82) is 0 Å². The summed E-state index contributed by atoms with van der Waals surface area (Å²) in [5.41, 5.74) is 2.67. The number of phenols is 1. The van der Waals surface area contributed by atoms with Gasteiger partial charge in [0.05, 0.1) is 11.8 Å². The average molecular weight is 280 g/mol. The molecule has 0 amide bonds. The minimum absolute atomic E-state index is 0.161. The molecule has 3 rings (SSSR count). The first-order valence-electron chi connectivity index (χ1n) is 6.67. The molecule has 0 saturated heterocycles. The van der Waals surface area contributed by atoms with Gasteiger partial charge < -0.3 is 14.4 Å². The average Bonchev–Trinajstić information content (AvgIpc) is 2.97. The Morgan fingerprint density at radius 3 is 2.38 bits per heavy atom. The predicted octanol–water partition coefficient (Wildman–Crippen LogP) is 3.78. The monoisotopic (exact) mass is 280 g/mol. The first kappa shape index (κ1) is 13.2. The highest BCUT2D eigenvalue weighted by Crippen LogP contribution is 2.31. The van der Waals surface area contributed by atoms with Crippen LogP contribution in [0.1, 0.15) is 0 Å². The number of rotatable bonds is 3. The van der Waals surface area contributed by atoms with E-state index < -0.39 is 0 Å². The maximum absolute atomic E-state index is 9.84. The zero-order valence-corrected chi connectivity index (χ0v) is 11.9. The summed E-state index contributed by atoms with van der Waals surface area (Å²) >= 11 is 0. The molecule has 1 N–H and O–H groups in total. The normalized spacial score (nSPS) is 10.6. The van der Waals surface area contributed by atoms with Crippen molar-refractivity contribution in [3.05, 3.63) is 54.7 Å². The first-order chi connectivity index (χ1) is 10.1. The van der Waals surface area contributed by atoms with Gasteiger partial charge in [-0.05, 0) is 36.4 Å². The van der Waals surface area contributed by atoms with Gasteiger partial charge in [0, 0.05) is 25.3 Å². The number of hydrogen-bond acceptors (Lipinski definition) is 4. The van der Waals surface area contributed by atoms with Gasteiger partial charge in [-0.1, -0.05) is 12.1 Å². The Morgan fingerprint density at radius 1 is 1.00 bits per heavy atom. The van der Waals surface area contributed by atoms with Crippen LogP contribution in [0.15, 0.2) is 59.1 Å². The standard InChI is InChI=1S/C17H16N2O2/c1-19(2)13-9-7-12(8-10-13)16-11-18-17(21-16)14-5-3-4-6-15(14)20/h3-11,20H,1-2H3. The number of aromatic hydroxyl groups is 1. The van der Waals surface area contributed by atoms with Gasteiger partial charge in [0.2, 0.25) is 5.89 Å². The molecule has 21 heavy (non-hydrogen) atoms. The number of nitrogens with zero attached hydrogens (tertiary/aromatic N) is 2. The van der Waals surface area contributed by atoms with E-state index >= 15 is 0 Å². The van der Waals surface area contributed by atoms with Gasteiger partial charge in [-0.3, -0.25) is 0 Å². The van der Waals surface area contributed by atoms with Crippen LogP contribution in [-0.2, 0) is 0 Å². The Bertz CT molecular complexity index is 745. The Kier molecular flexibility index (Phi) is 3.36. The van der Waals surface area contributed by atoms with Crippen LogP contribution in [0.25, 0.3) is 22.8 Å². The molecular formula is C17H16N2O2. The van der Waals surface area contributed by atoms with E-state index in [1.165, 1.54) is 0 Å². The molecule has 0 aliphatic heterocycles. The molecule has 0 aliphatic carbocycles. The number of oxazole rings is 1. The Balaban J connectivity index is 1.93. The molecule has 0 saturated carbocycles. The SMILES string of the molecule is CN(C)c1ccc(-c2cnc(-c3ccccc3O)o2)cc1. The second kappa shape index (κ2) is 5.32. The summed E-state index contributed by atoms with van der Waals surface area (Å²) in [6.45, 7) is 0. The van der Waals surface area contributed by atoms with Crippen LogP contribution in [0.5, 0.6) is 5.75 Å². The van der Waals surface area contributed by atoms with Gasteiger partial charge in [-0.2, -0.15) is 0 Å². The summed E-state index contributed by atoms with van der Waals surface area (Å²) in [6, 6.07) is 15.0. The molecule has 1 heterocycles. The van der Waals surface area contributed by atoms with Gasteiger partial charge in [0.1, 0.15) is 5.75 Å². The van der Waals surface area contributed by atoms with Crippen LogP contribution in [0, 0.1) is 0 Å². The summed E-state index contributed by atoms with van der Waals surface area (Å²) in [5, 5.41) is 9.84. The molecule has 0 unspecified atom stereocenters. The highest BCUT2D eigenvalue weighted by atomic mass is 16.4. The molecule has 0 aliphatic rings. The lowest BCUT2D eigenvalue weighted by Crippen LogP contribution is -2.07. The maximum atomic E-state index is 9.84. The van der Waals surface area contributed by atoms with Gasteiger partial charge in [-0.25, -0.2) is 4.98 Å². The fourth-order valence-corrected chi connectivity index (χ4v) is 2.11. The van der Waals surface area contributed by atoms with E-state index in [1.54, 1.807) is 24.4 Å². The van der Waals surface area contributed by atoms with Gasteiger partial charge in [0.25, 0.3) is 0 Å². The van der Waals surface area contributed by atoms with Crippen molar-refractivity contribution in [2.75, 3.05) is 19.0 Å². The lowest BCUT2D eigenvalue weighted by molar-refractivity contribution is 0.473. The molecular weight excluding hydrogens is 264 g/mol. The lowest BCUT2D eigenvalue weighted by atomic mass is 10.1. The Labute approximate surface area is 123 Å². The molecule has 4 heteroatoms. The van der Waals surface area contributed by atoms with Crippen molar-refractivity contribution in [2.24, 2.45) is 0 Å². The largest absolute Gasteiger partial charge is 0.507 e. The van der Waals surface area contributed by atoms with Crippen LogP contribution in [-0.4, -0.2) is 24.2 Å². The van der Waals surface area contributed by atoms with E-state index in [0.717, 1.165) is 11.3 Å². The molecule has 4 nitrogen and oxygen atoms in total. The number of benzene rings is 2. The quantitative estimate of drug-likeness (QED) is 0.793. The van der Waals surface area contributed by atoms with E-state index in [2.05, 4.69) is 4.98 Å². The summed E-state index contributed by atoms with van der Waals surface area (Å²) in [5.74, 6) is 1.26. The minimum Gasteiger partial charge on any atom is -0.507 e. The number of phenolic OH excluding ortho intramolecular Hbond substituents is 1. The topological polar surface area (TPSA) is 49.5 Å². The van der Waals surface area contributed by atoms with Gasteiger partial charge in [-0.15, -0.1) is 0 Å². The Hall–Kier alpha value is -2.75. The van der Waals surface area contributed by atoms with Crippen molar-refractivity contribution in [3.63, 3.8) is 0 Å². The van der Waals surface area contributed by atoms with Crippen LogP contribution in [0.2, 0.25) is 0 Å².